The minimum atomic E-state index is 0. The maximum absolute atomic E-state index is 6.02. The van der Waals surface area contributed by atoms with Crippen LogP contribution in [0.4, 0.5) is 5.69 Å². The van der Waals surface area contributed by atoms with Gasteiger partial charge in [0.1, 0.15) is 5.75 Å². The zero-order valence-corrected chi connectivity index (χ0v) is 15.7. The Labute approximate surface area is 163 Å². The topological polar surface area (TPSA) is 61.2 Å². The third kappa shape index (κ3) is 3.66. The van der Waals surface area contributed by atoms with Gasteiger partial charge in [-0.15, -0.1) is 12.4 Å². The van der Waals surface area contributed by atoms with E-state index in [1.54, 1.807) is 19.5 Å². The van der Waals surface area contributed by atoms with Crippen molar-refractivity contribution in [1.29, 1.82) is 0 Å². The van der Waals surface area contributed by atoms with Gasteiger partial charge in [0.05, 0.1) is 24.5 Å². The van der Waals surface area contributed by atoms with Crippen LogP contribution in [0, 0.1) is 0 Å². The first kappa shape index (κ1) is 18.5. The van der Waals surface area contributed by atoms with E-state index >= 15 is 0 Å². The number of hydrogen-bond acceptors (Lipinski definition) is 5. The number of ether oxygens (including phenoxy) is 2. The van der Waals surface area contributed by atoms with E-state index in [1.807, 2.05) is 61.8 Å². The number of nitrogens with zero attached hydrogens (tertiary/aromatic N) is 3. The minimum Gasteiger partial charge on any atom is -0.481 e. The van der Waals surface area contributed by atoms with Gasteiger partial charge in [-0.2, -0.15) is 0 Å². The number of aromatic nitrogens is 3. The maximum atomic E-state index is 6.02. The molecule has 3 aromatic heterocycles. The second-order valence-electron chi connectivity index (χ2n) is 5.67. The van der Waals surface area contributed by atoms with E-state index in [1.165, 1.54) is 0 Å². The summed E-state index contributed by atoms with van der Waals surface area (Å²) in [5, 5.41) is 4.08. The van der Waals surface area contributed by atoms with Gasteiger partial charge in [-0.25, -0.2) is 9.97 Å². The average molecular weight is 383 g/mol. The van der Waals surface area contributed by atoms with Gasteiger partial charge >= 0.3 is 0 Å². The zero-order valence-electron chi connectivity index (χ0n) is 14.9. The summed E-state index contributed by atoms with van der Waals surface area (Å²) >= 11 is 0. The molecule has 0 saturated carbocycles. The van der Waals surface area contributed by atoms with E-state index in [2.05, 4.69) is 19.9 Å². The molecule has 0 unspecified atom stereocenters. The molecule has 0 aliphatic heterocycles. The van der Waals surface area contributed by atoms with Crippen LogP contribution < -0.4 is 14.8 Å². The Morgan fingerprint density at radius 3 is 2.63 bits per heavy atom. The lowest BCUT2D eigenvalue weighted by Gasteiger charge is -2.09. The molecule has 4 rings (SSSR count). The molecular formula is C20H19ClN4O2. The van der Waals surface area contributed by atoms with Gasteiger partial charge in [-0.05, 0) is 30.3 Å². The SMILES string of the molecule is CNc1ccnc(Oc2cccc3c2ccn3-c2ccc(OC)nc2)c1.Cl. The molecule has 27 heavy (non-hydrogen) atoms. The molecule has 0 radical (unpaired) electrons. The fourth-order valence-corrected chi connectivity index (χ4v) is 2.82. The van der Waals surface area contributed by atoms with Gasteiger partial charge in [0, 0.05) is 42.6 Å². The van der Waals surface area contributed by atoms with Crippen LogP contribution in [0.5, 0.6) is 17.5 Å². The van der Waals surface area contributed by atoms with Crippen molar-refractivity contribution in [3.05, 3.63) is 67.1 Å². The summed E-state index contributed by atoms with van der Waals surface area (Å²) in [6, 6.07) is 15.5. The normalized spacial score (nSPS) is 10.3. The fourth-order valence-electron chi connectivity index (χ4n) is 2.82. The Bertz CT molecular complexity index is 1050. The van der Waals surface area contributed by atoms with Gasteiger partial charge in [0.15, 0.2) is 0 Å². The van der Waals surface area contributed by atoms with E-state index in [9.17, 15) is 0 Å². The third-order valence-electron chi connectivity index (χ3n) is 4.14. The number of halogens is 1. The van der Waals surface area contributed by atoms with Crippen LogP contribution >= 0.6 is 12.4 Å². The predicted molar refractivity (Wildman–Crippen MR) is 109 cm³/mol. The molecule has 0 aliphatic carbocycles. The summed E-state index contributed by atoms with van der Waals surface area (Å²) in [5.41, 5.74) is 2.93. The van der Waals surface area contributed by atoms with Crippen LogP contribution in [-0.4, -0.2) is 28.7 Å². The molecular weight excluding hydrogens is 364 g/mol. The Morgan fingerprint density at radius 1 is 1.00 bits per heavy atom. The summed E-state index contributed by atoms with van der Waals surface area (Å²) in [6.45, 7) is 0. The molecule has 0 atom stereocenters. The van der Waals surface area contributed by atoms with Crippen LogP contribution in [0.3, 0.4) is 0 Å². The lowest BCUT2D eigenvalue weighted by atomic mass is 10.2. The lowest BCUT2D eigenvalue weighted by Crippen LogP contribution is -1.95. The number of nitrogens with one attached hydrogen (secondary N) is 1. The Morgan fingerprint density at radius 2 is 1.89 bits per heavy atom. The van der Waals surface area contributed by atoms with Gasteiger partial charge < -0.3 is 19.4 Å². The first-order chi connectivity index (χ1) is 12.8. The Balaban J connectivity index is 0.00000210. The number of benzene rings is 1. The number of anilines is 1. The Kier molecular flexibility index (Phi) is 5.47. The molecule has 6 nitrogen and oxygen atoms in total. The van der Waals surface area contributed by atoms with Crippen molar-refractivity contribution < 1.29 is 9.47 Å². The summed E-state index contributed by atoms with van der Waals surface area (Å²) in [5.74, 6) is 1.89. The second-order valence-corrected chi connectivity index (χ2v) is 5.67. The van der Waals surface area contributed by atoms with Crippen molar-refractivity contribution in [2.45, 2.75) is 0 Å². The summed E-state index contributed by atoms with van der Waals surface area (Å²) in [6.07, 6.45) is 5.50. The minimum absolute atomic E-state index is 0. The summed E-state index contributed by atoms with van der Waals surface area (Å²) in [4.78, 5) is 8.56. The summed E-state index contributed by atoms with van der Waals surface area (Å²) in [7, 11) is 3.47. The van der Waals surface area contributed by atoms with Crippen molar-refractivity contribution in [3.63, 3.8) is 0 Å². The molecule has 0 amide bonds. The molecule has 1 N–H and O–H groups in total. The smallest absolute Gasteiger partial charge is 0.221 e. The van der Waals surface area contributed by atoms with E-state index < -0.39 is 0 Å². The van der Waals surface area contributed by atoms with Crippen LogP contribution in [-0.2, 0) is 0 Å². The van der Waals surface area contributed by atoms with E-state index in [-0.39, 0.29) is 12.4 Å². The number of fused-ring (bicyclic) bond motifs is 1. The average Bonchev–Trinajstić information content (AvgIpc) is 3.13. The first-order valence-electron chi connectivity index (χ1n) is 8.20. The molecule has 1 aromatic carbocycles. The van der Waals surface area contributed by atoms with Crippen molar-refractivity contribution in [1.82, 2.24) is 14.5 Å². The third-order valence-corrected chi connectivity index (χ3v) is 4.14. The monoisotopic (exact) mass is 382 g/mol. The molecule has 3 heterocycles. The maximum Gasteiger partial charge on any atom is 0.221 e. The lowest BCUT2D eigenvalue weighted by molar-refractivity contribution is 0.398. The zero-order chi connectivity index (χ0) is 17.9. The Hall–Kier alpha value is -3.25. The standard InChI is InChI=1S/C20H18N4O2.ClH/c1-21-14-8-10-22-20(12-14)26-18-5-3-4-17-16(18)9-11-24(17)15-6-7-19(25-2)23-13-15;/h3-13H,1-2H3,(H,21,22);1H. The van der Waals surface area contributed by atoms with Crippen molar-refractivity contribution in [2.24, 2.45) is 0 Å². The number of rotatable bonds is 5. The molecule has 0 bridgehead atoms. The van der Waals surface area contributed by atoms with E-state index in [0.717, 1.165) is 28.0 Å². The van der Waals surface area contributed by atoms with E-state index in [4.69, 9.17) is 9.47 Å². The van der Waals surface area contributed by atoms with Crippen LogP contribution in [0.1, 0.15) is 0 Å². The number of methoxy groups -OCH3 is 1. The molecule has 7 heteroatoms. The highest BCUT2D eigenvalue weighted by Crippen LogP contribution is 2.32. The predicted octanol–water partition coefficient (Wildman–Crippen LogP) is 4.68. The highest BCUT2D eigenvalue weighted by atomic mass is 35.5. The van der Waals surface area contributed by atoms with Crippen LogP contribution in [0.25, 0.3) is 16.6 Å². The summed E-state index contributed by atoms with van der Waals surface area (Å²) < 4.78 is 13.2. The largest absolute Gasteiger partial charge is 0.481 e. The highest BCUT2D eigenvalue weighted by molar-refractivity contribution is 5.88. The fraction of sp³-hybridized carbons (Fsp3) is 0.100. The van der Waals surface area contributed by atoms with Crippen molar-refractivity contribution in [3.8, 4) is 23.2 Å². The van der Waals surface area contributed by atoms with Gasteiger partial charge in [0.2, 0.25) is 11.8 Å². The van der Waals surface area contributed by atoms with Gasteiger partial charge in [-0.1, -0.05) is 6.07 Å². The highest BCUT2D eigenvalue weighted by Gasteiger charge is 2.10. The molecule has 0 saturated heterocycles. The van der Waals surface area contributed by atoms with Gasteiger partial charge in [-0.3, -0.25) is 0 Å². The van der Waals surface area contributed by atoms with Gasteiger partial charge in [0.25, 0.3) is 0 Å². The molecule has 0 aliphatic rings. The van der Waals surface area contributed by atoms with Crippen LogP contribution in [0.15, 0.2) is 67.1 Å². The molecule has 0 fully saturated rings. The first-order valence-corrected chi connectivity index (χ1v) is 8.20. The molecule has 138 valence electrons. The molecule has 4 aromatic rings. The second kappa shape index (κ2) is 7.97. The molecule has 0 spiro atoms. The van der Waals surface area contributed by atoms with Crippen molar-refractivity contribution >= 4 is 29.0 Å². The number of pyridine rings is 2. The van der Waals surface area contributed by atoms with Crippen molar-refractivity contribution in [2.75, 3.05) is 19.5 Å². The number of hydrogen-bond donors (Lipinski definition) is 1. The van der Waals surface area contributed by atoms with E-state index in [0.29, 0.717) is 11.8 Å². The quantitative estimate of drug-likeness (QED) is 0.542. The van der Waals surface area contributed by atoms with Crippen LogP contribution in [0.2, 0.25) is 0 Å².